The van der Waals surface area contributed by atoms with Gasteiger partial charge in [0.2, 0.25) is 0 Å². The molecule has 0 saturated carbocycles. The molecule has 0 fully saturated rings. The largest absolute Gasteiger partial charge is 0.378 e. The van der Waals surface area contributed by atoms with E-state index >= 15 is 0 Å². The number of para-hydroxylation sites is 1. The predicted molar refractivity (Wildman–Crippen MR) is 133 cm³/mol. The van der Waals surface area contributed by atoms with Crippen molar-refractivity contribution in [3.63, 3.8) is 0 Å². The van der Waals surface area contributed by atoms with Crippen molar-refractivity contribution in [2.45, 2.75) is 25.7 Å². The van der Waals surface area contributed by atoms with E-state index in [9.17, 15) is 4.57 Å². The lowest BCUT2D eigenvalue weighted by atomic mass is 10.2. The van der Waals surface area contributed by atoms with Crippen molar-refractivity contribution in [3.05, 3.63) is 88.4 Å². The molecular weight excluding hydrogens is 450 g/mol. The Bertz CT molecular complexity index is 1040. The summed E-state index contributed by atoms with van der Waals surface area (Å²) in [5.41, 5.74) is 2.35. The van der Waals surface area contributed by atoms with Crippen LogP contribution in [0.1, 0.15) is 25.2 Å². The molecule has 0 radical (unpaired) electrons. The average molecular weight is 477 g/mol. The van der Waals surface area contributed by atoms with Gasteiger partial charge < -0.3 is 14.7 Å². The summed E-state index contributed by atoms with van der Waals surface area (Å²) in [6, 6.07) is 22.4. The molecule has 0 amide bonds. The predicted octanol–water partition coefficient (Wildman–Crippen LogP) is 7.20. The molecule has 0 spiro atoms. The first kappa shape index (κ1) is 23.7. The van der Waals surface area contributed by atoms with E-state index in [1.54, 1.807) is 18.2 Å². The lowest BCUT2D eigenvalue weighted by molar-refractivity contribution is 0.245. The molecule has 0 aliphatic carbocycles. The second kappa shape index (κ2) is 10.1. The molecule has 164 valence electrons. The fourth-order valence-electron chi connectivity index (χ4n) is 3.33. The van der Waals surface area contributed by atoms with Crippen LogP contribution in [0.5, 0.6) is 0 Å². The third-order valence-electron chi connectivity index (χ3n) is 4.78. The van der Waals surface area contributed by atoms with Crippen LogP contribution in [-0.4, -0.2) is 20.2 Å². The van der Waals surface area contributed by atoms with E-state index in [-0.39, 0.29) is 6.10 Å². The zero-order valence-corrected chi connectivity index (χ0v) is 20.5. The topological polar surface area (TPSA) is 41.6 Å². The third-order valence-corrected chi connectivity index (χ3v) is 8.26. The first-order chi connectivity index (χ1) is 14.7. The van der Waals surface area contributed by atoms with Crippen LogP contribution in [0.4, 0.5) is 11.4 Å². The van der Waals surface area contributed by atoms with E-state index in [1.165, 1.54) is 0 Å². The summed E-state index contributed by atoms with van der Waals surface area (Å²) in [4.78, 5) is 1.99. The van der Waals surface area contributed by atoms with Crippen molar-refractivity contribution >= 4 is 47.3 Å². The maximum atomic E-state index is 14.7. The van der Waals surface area contributed by atoms with Crippen LogP contribution >= 0.6 is 30.6 Å². The van der Waals surface area contributed by atoms with Crippen molar-refractivity contribution in [1.29, 1.82) is 0 Å². The van der Waals surface area contributed by atoms with Crippen molar-refractivity contribution in [2.75, 3.05) is 24.3 Å². The van der Waals surface area contributed by atoms with Gasteiger partial charge in [0.25, 0.3) is 7.37 Å². The quantitative estimate of drug-likeness (QED) is 0.349. The number of hydrogen-bond acceptors (Lipinski definition) is 4. The monoisotopic (exact) mass is 476 g/mol. The number of benzene rings is 3. The maximum absolute atomic E-state index is 14.7. The molecule has 0 bridgehead atoms. The smallest absolute Gasteiger partial charge is 0.258 e. The summed E-state index contributed by atoms with van der Waals surface area (Å²) >= 11 is 13.2. The highest BCUT2D eigenvalue weighted by Gasteiger charge is 2.40. The molecular formula is C24H27Cl2N2O2P. The van der Waals surface area contributed by atoms with Gasteiger partial charge >= 0.3 is 0 Å². The van der Waals surface area contributed by atoms with E-state index in [1.807, 2.05) is 87.4 Å². The summed E-state index contributed by atoms with van der Waals surface area (Å²) in [6.45, 7) is 3.74. The summed E-state index contributed by atoms with van der Waals surface area (Å²) in [5.74, 6) is -0.774. The second-order valence-corrected chi connectivity index (χ2v) is 11.0. The Kier molecular flexibility index (Phi) is 7.72. The van der Waals surface area contributed by atoms with E-state index < -0.39 is 13.2 Å². The SMILES string of the molecule is CC(C)O[P@@](=O)(c1ccc(N(C)C)cc1)[C@H](Nc1ccccc1)c1c(Cl)cccc1Cl. The Balaban J connectivity index is 2.21. The van der Waals surface area contributed by atoms with Crippen molar-refractivity contribution in [3.8, 4) is 0 Å². The fourth-order valence-corrected chi connectivity index (χ4v) is 6.77. The first-order valence-corrected chi connectivity index (χ1v) is 12.5. The van der Waals surface area contributed by atoms with Crippen molar-refractivity contribution in [1.82, 2.24) is 0 Å². The van der Waals surface area contributed by atoms with Crippen LogP contribution in [0, 0.1) is 0 Å². The standard InChI is InChI=1S/C24H27Cl2N2O2P/c1-17(2)30-31(29,20-15-13-19(14-16-20)28(3)4)24(27-18-9-6-5-7-10-18)23-21(25)11-8-12-22(23)26/h5-17,24,27H,1-4H3/t24-,31-/m0/s1. The molecule has 2 atom stereocenters. The zero-order valence-electron chi connectivity index (χ0n) is 18.0. The first-order valence-electron chi connectivity index (χ1n) is 10.0. The van der Waals surface area contributed by atoms with Crippen LogP contribution in [0.2, 0.25) is 10.0 Å². The minimum atomic E-state index is -3.53. The van der Waals surface area contributed by atoms with Gasteiger partial charge in [0.1, 0.15) is 5.78 Å². The average Bonchev–Trinajstić information content (AvgIpc) is 2.73. The zero-order chi connectivity index (χ0) is 22.6. The highest BCUT2D eigenvalue weighted by molar-refractivity contribution is 7.67. The van der Waals surface area contributed by atoms with Gasteiger partial charge in [-0.3, -0.25) is 4.57 Å². The van der Waals surface area contributed by atoms with Crippen LogP contribution in [-0.2, 0) is 9.09 Å². The molecule has 0 aliphatic rings. The Morgan fingerprint density at radius 2 is 1.45 bits per heavy atom. The molecule has 31 heavy (non-hydrogen) atoms. The van der Waals surface area contributed by atoms with Gasteiger partial charge in [-0.25, -0.2) is 0 Å². The van der Waals surface area contributed by atoms with Gasteiger partial charge in [-0.05, 0) is 62.4 Å². The van der Waals surface area contributed by atoms with Gasteiger partial charge in [0, 0.05) is 46.4 Å². The molecule has 3 aromatic rings. The molecule has 0 aliphatic heterocycles. The van der Waals surface area contributed by atoms with Crippen LogP contribution in [0.25, 0.3) is 0 Å². The number of hydrogen-bond donors (Lipinski definition) is 1. The molecule has 0 unspecified atom stereocenters. The molecule has 7 heteroatoms. The molecule has 0 aromatic heterocycles. The summed E-state index contributed by atoms with van der Waals surface area (Å²) < 4.78 is 20.9. The molecule has 4 nitrogen and oxygen atoms in total. The number of rotatable bonds is 8. The lowest BCUT2D eigenvalue weighted by Gasteiger charge is -2.32. The number of anilines is 2. The van der Waals surface area contributed by atoms with Crippen molar-refractivity contribution in [2.24, 2.45) is 0 Å². The van der Waals surface area contributed by atoms with Crippen LogP contribution in [0.15, 0.2) is 72.8 Å². The Labute approximate surface area is 194 Å². The molecule has 3 rings (SSSR count). The molecule has 0 heterocycles. The lowest BCUT2D eigenvalue weighted by Crippen LogP contribution is -2.23. The molecule has 3 aromatic carbocycles. The number of nitrogens with zero attached hydrogens (tertiary/aromatic N) is 1. The van der Waals surface area contributed by atoms with Crippen LogP contribution in [0.3, 0.4) is 0 Å². The summed E-state index contributed by atoms with van der Waals surface area (Å²) in [7, 11) is 0.394. The minimum absolute atomic E-state index is 0.277. The maximum Gasteiger partial charge on any atom is 0.258 e. The Morgan fingerprint density at radius 3 is 1.97 bits per heavy atom. The summed E-state index contributed by atoms with van der Waals surface area (Å²) in [6.07, 6.45) is -0.277. The van der Waals surface area contributed by atoms with Gasteiger partial charge in [-0.1, -0.05) is 47.5 Å². The number of halogens is 2. The Morgan fingerprint density at radius 1 is 0.871 bits per heavy atom. The summed E-state index contributed by atoms with van der Waals surface area (Å²) in [5, 5.41) is 4.84. The molecule has 0 saturated heterocycles. The van der Waals surface area contributed by atoms with E-state index in [4.69, 9.17) is 27.7 Å². The molecule has 1 N–H and O–H groups in total. The van der Waals surface area contributed by atoms with E-state index in [0.29, 0.717) is 20.9 Å². The van der Waals surface area contributed by atoms with Crippen LogP contribution < -0.4 is 15.5 Å². The third kappa shape index (κ3) is 5.45. The number of nitrogens with one attached hydrogen (secondary N) is 1. The highest BCUT2D eigenvalue weighted by Crippen LogP contribution is 2.61. The van der Waals surface area contributed by atoms with E-state index in [2.05, 4.69) is 5.32 Å². The normalized spacial score (nSPS) is 14.2. The van der Waals surface area contributed by atoms with Crippen molar-refractivity contribution < 1.29 is 9.09 Å². The Hall–Kier alpha value is -1.97. The highest BCUT2D eigenvalue weighted by atomic mass is 35.5. The van der Waals surface area contributed by atoms with Gasteiger partial charge in [0.15, 0.2) is 0 Å². The second-order valence-electron chi connectivity index (χ2n) is 7.71. The van der Waals surface area contributed by atoms with E-state index in [0.717, 1.165) is 11.4 Å². The fraction of sp³-hybridized carbons (Fsp3) is 0.250. The van der Waals surface area contributed by atoms with Gasteiger partial charge in [0.05, 0.1) is 6.10 Å². The van der Waals surface area contributed by atoms with Gasteiger partial charge in [-0.15, -0.1) is 0 Å². The van der Waals surface area contributed by atoms with Gasteiger partial charge in [-0.2, -0.15) is 0 Å². The minimum Gasteiger partial charge on any atom is -0.378 e.